The Morgan fingerprint density at radius 1 is 1.46 bits per heavy atom. The Hall–Kier alpha value is -1.51. The molecule has 1 aromatic carbocycles. The fourth-order valence-electron chi connectivity index (χ4n) is 2.72. The maximum Gasteiger partial charge on any atom is 0.242 e. The molecular formula is C16H17FN2O3S2. The number of thioether (sulfide) groups is 1. The van der Waals surface area contributed by atoms with E-state index in [0.29, 0.717) is 17.5 Å². The van der Waals surface area contributed by atoms with Crippen LogP contribution in [0, 0.1) is 5.82 Å². The maximum atomic E-state index is 13.6. The molecule has 1 N–H and O–H groups in total. The van der Waals surface area contributed by atoms with Gasteiger partial charge in [-0.25, -0.2) is 4.39 Å². The number of halogens is 1. The van der Waals surface area contributed by atoms with Gasteiger partial charge in [-0.1, -0.05) is 36.1 Å². The van der Waals surface area contributed by atoms with Crippen molar-refractivity contribution in [3.05, 3.63) is 30.1 Å². The molecule has 3 rings (SSSR count). The third-order valence-corrected chi connectivity index (χ3v) is 5.52. The highest BCUT2D eigenvalue weighted by Crippen LogP contribution is 2.31. The zero-order chi connectivity index (χ0) is 17.1. The smallest absolute Gasteiger partial charge is 0.242 e. The second-order valence-corrected chi connectivity index (χ2v) is 7.52. The summed E-state index contributed by atoms with van der Waals surface area (Å²) < 4.78 is 19.6. The van der Waals surface area contributed by atoms with Crippen molar-refractivity contribution >= 4 is 45.8 Å². The Balaban J connectivity index is 1.57. The van der Waals surface area contributed by atoms with Gasteiger partial charge in [-0.15, -0.1) is 0 Å². The van der Waals surface area contributed by atoms with Gasteiger partial charge in [0, 0.05) is 13.0 Å². The number of carbonyl (C=O) groups is 2. The summed E-state index contributed by atoms with van der Waals surface area (Å²) in [7, 11) is 0. The SMILES string of the molecule is O=C(CC1SC(=S)N(CC2CCCO2)C1=O)Nc1ccccc1F. The van der Waals surface area contributed by atoms with E-state index in [9.17, 15) is 14.0 Å². The molecule has 0 aromatic heterocycles. The topological polar surface area (TPSA) is 58.6 Å². The molecule has 2 unspecified atom stereocenters. The van der Waals surface area contributed by atoms with Crippen molar-refractivity contribution in [3.63, 3.8) is 0 Å². The Morgan fingerprint density at radius 3 is 2.96 bits per heavy atom. The van der Waals surface area contributed by atoms with E-state index >= 15 is 0 Å². The maximum absolute atomic E-state index is 13.6. The highest BCUT2D eigenvalue weighted by atomic mass is 32.2. The molecule has 2 aliphatic rings. The van der Waals surface area contributed by atoms with Gasteiger partial charge in [0.1, 0.15) is 10.1 Å². The van der Waals surface area contributed by atoms with E-state index in [4.69, 9.17) is 17.0 Å². The minimum atomic E-state index is -0.564. The van der Waals surface area contributed by atoms with Crippen LogP contribution in [0.15, 0.2) is 24.3 Å². The molecule has 2 atom stereocenters. The van der Waals surface area contributed by atoms with Crippen LogP contribution in [0.2, 0.25) is 0 Å². The first-order valence-electron chi connectivity index (χ1n) is 7.72. The predicted octanol–water partition coefficient (Wildman–Crippen LogP) is 2.56. The number of amides is 2. The number of ether oxygens (including phenoxy) is 1. The van der Waals surface area contributed by atoms with Crippen molar-refractivity contribution in [1.82, 2.24) is 4.90 Å². The highest BCUT2D eigenvalue weighted by Gasteiger charge is 2.39. The molecule has 0 spiro atoms. The lowest BCUT2D eigenvalue weighted by molar-refractivity contribution is -0.129. The van der Waals surface area contributed by atoms with Crippen LogP contribution in [0.3, 0.4) is 0 Å². The van der Waals surface area contributed by atoms with Gasteiger partial charge in [0.2, 0.25) is 11.8 Å². The van der Waals surface area contributed by atoms with Gasteiger partial charge < -0.3 is 10.1 Å². The molecule has 2 heterocycles. The predicted molar refractivity (Wildman–Crippen MR) is 94.3 cm³/mol. The average molecular weight is 368 g/mol. The number of hydrogen-bond acceptors (Lipinski definition) is 5. The van der Waals surface area contributed by atoms with Crippen LogP contribution in [0.4, 0.5) is 10.1 Å². The first kappa shape index (κ1) is 17.3. The van der Waals surface area contributed by atoms with Crippen molar-refractivity contribution in [3.8, 4) is 0 Å². The molecule has 128 valence electrons. The molecule has 24 heavy (non-hydrogen) atoms. The van der Waals surface area contributed by atoms with Crippen molar-refractivity contribution < 1.29 is 18.7 Å². The van der Waals surface area contributed by atoms with E-state index in [-0.39, 0.29) is 24.1 Å². The van der Waals surface area contributed by atoms with E-state index in [1.54, 1.807) is 12.1 Å². The minimum absolute atomic E-state index is 0.0125. The lowest BCUT2D eigenvalue weighted by Crippen LogP contribution is -2.38. The quantitative estimate of drug-likeness (QED) is 0.810. The summed E-state index contributed by atoms with van der Waals surface area (Å²) in [5, 5.41) is 1.93. The van der Waals surface area contributed by atoms with Crippen LogP contribution in [-0.4, -0.2) is 45.5 Å². The molecular weight excluding hydrogens is 351 g/mol. The van der Waals surface area contributed by atoms with Gasteiger partial charge >= 0.3 is 0 Å². The lowest BCUT2D eigenvalue weighted by atomic mass is 10.2. The Labute approximate surface area is 148 Å². The molecule has 5 nitrogen and oxygen atoms in total. The van der Waals surface area contributed by atoms with Crippen molar-refractivity contribution in [2.75, 3.05) is 18.5 Å². The third-order valence-electron chi connectivity index (χ3n) is 3.93. The fourth-order valence-corrected chi connectivity index (χ4v) is 4.23. The summed E-state index contributed by atoms with van der Waals surface area (Å²) in [6.45, 7) is 1.15. The van der Waals surface area contributed by atoms with E-state index in [1.807, 2.05) is 0 Å². The first-order valence-corrected chi connectivity index (χ1v) is 9.01. The molecule has 2 amide bonds. The lowest BCUT2D eigenvalue weighted by Gasteiger charge is -2.19. The number of carbonyl (C=O) groups excluding carboxylic acids is 2. The highest BCUT2D eigenvalue weighted by molar-refractivity contribution is 8.24. The summed E-state index contributed by atoms with van der Waals surface area (Å²) in [5.41, 5.74) is 0.108. The number of anilines is 1. The zero-order valence-electron chi connectivity index (χ0n) is 12.9. The summed E-state index contributed by atoms with van der Waals surface area (Å²) in [4.78, 5) is 26.1. The molecule has 2 fully saturated rings. The van der Waals surface area contributed by atoms with E-state index in [2.05, 4.69) is 5.32 Å². The summed E-state index contributed by atoms with van der Waals surface area (Å²) in [5.74, 6) is -1.09. The molecule has 1 aromatic rings. The largest absolute Gasteiger partial charge is 0.376 e. The fraction of sp³-hybridized carbons (Fsp3) is 0.438. The van der Waals surface area contributed by atoms with E-state index < -0.39 is 17.0 Å². The van der Waals surface area contributed by atoms with Crippen LogP contribution in [-0.2, 0) is 14.3 Å². The summed E-state index contributed by atoms with van der Waals surface area (Å²) in [6, 6.07) is 5.92. The van der Waals surface area contributed by atoms with E-state index in [0.717, 1.165) is 12.8 Å². The molecule has 0 radical (unpaired) electrons. The van der Waals surface area contributed by atoms with E-state index in [1.165, 1.54) is 28.8 Å². The van der Waals surface area contributed by atoms with Crippen molar-refractivity contribution in [2.45, 2.75) is 30.6 Å². The zero-order valence-corrected chi connectivity index (χ0v) is 14.5. The minimum Gasteiger partial charge on any atom is -0.376 e. The van der Waals surface area contributed by atoms with Gasteiger partial charge in [0.15, 0.2) is 0 Å². The molecule has 0 bridgehead atoms. The van der Waals surface area contributed by atoms with Gasteiger partial charge in [-0.2, -0.15) is 0 Å². The Bertz CT molecular complexity index is 664. The van der Waals surface area contributed by atoms with Crippen molar-refractivity contribution in [2.24, 2.45) is 0 Å². The van der Waals surface area contributed by atoms with Crippen LogP contribution in [0.1, 0.15) is 19.3 Å². The first-order chi connectivity index (χ1) is 11.5. The van der Waals surface area contributed by atoms with Crippen molar-refractivity contribution in [1.29, 1.82) is 0 Å². The second-order valence-electron chi connectivity index (χ2n) is 5.69. The van der Waals surface area contributed by atoms with Crippen LogP contribution >= 0.6 is 24.0 Å². The monoisotopic (exact) mass is 368 g/mol. The Kier molecular flexibility index (Phi) is 5.47. The van der Waals surface area contributed by atoms with Gasteiger partial charge in [-0.05, 0) is 25.0 Å². The number of rotatable bonds is 5. The third kappa shape index (κ3) is 3.93. The van der Waals surface area contributed by atoms with Crippen LogP contribution in [0.25, 0.3) is 0 Å². The van der Waals surface area contributed by atoms with Gasteiger partial charge in [0.25, 0.3) is 0 Å². The number of thiocarbonyl (C=S) groups is 1. The Morgan fingerprint density at radius 2 is 2.25 bits per heavy atom. The molecule has 2 saturated heterocycles. The molecule has 8 heteroatoms. The number of nitrogens with zero attached hydrogens (tertiary/aromatic N) is 1. The second kappa shape index (κ2) is 7.58. The standard InChI is InChI=1S/C16H17FN2O3S2/c17-11-5-1-2-6-12(11)18-14(20)8-13-15(21)19(16(23)24-13)9-10-4-3-7-22-10/h1-2,5-6,10,13H,3-4,7-9H2,(H,18,20). The number of hydrogen-bond donors (Lipinski definition) is 1. The average Bonchev–Trinajstić information content (AvgIpc) is 3.14. The number of benzene rings is 1. The number of para-hydroxylation sites is 1. The summed E-state index contributed by atoms with van der Waals surface area (Å²) in [6.07, 6.45) is 1.87. The molecule has 0 saturated carbocycles. The molecule has 0 aliphatic carbocycles. The van der Waals surface area contributed by atoms with Crippen LogP contribution < -0.4 is 5.32 Å². The van der Waals surface area contributed by atoms with Gasteiger partial charge in [0.05, 0.1) is 23.6 Å². The molecule has 2 aliphatic heterocycles. The van der Waals surface area contributed by atoms with Crippen LogP contribution in [0.5, 0.6) is 0 Å². The summed E-state index contributed by atoms with van der Waals surface area (Å²) >= 11 is 6.46. The number of nitrogens with one attached hydrogen (secondary N) is 1. The van der Waals surface area contributed by atoms with Gasteiger partial charge in [-0.3, -0.25) is 14.5 Å². The normalized spacial score (nSPS) is 23.8.